The summed E-state index contributed by atoms with van der Waals surface area (Å²) < 4.78 is 32.8. The molecule has 7 nitrogen and oxygen atoms in total. The fraction of sp³-hybridized carbons (Fsp3) is 0.370. The maximum Gasteiger partial charge on any atom is 0.336 e. The summed E-state index contributed by atoms with van der Waals surface area (Å²) in [6.45, 7) is 3.90. The summed E-state index contributed by atoms with van der Waals surface area (Å²) in [5, 5.41) is 3.70. The van der Waals surface area contributed by atoms with Crippen LogP contribution in [0.5, 0.6) is 0 Å². The van der Waals surface area contributed by atoms with Crippen LogP contribution in [0.4, 0.5) is 0 Å². The van der Waals surface area contributed by atoms with Crippen LogP contribution < -0.4 is 5.32 Å². The summed E-state index contributed by atoms with van der Waals surface area (Å²) in [4.78, 5) is 17.7. The van der Waals surface area contributed by atoms with Crippen molar-refractivity contribution in [3.63, 3.8) is 0 Å². The topological polar surface area (TPSA) is 79.0 Å². The van der Waals surface area contributed by atoms with Crippen molar-refractivity contribution in [1.29, 1.82) is 0 Å². The maximum atomic E-state index is 13.5. The lowest BCUT2D eigenvalue weighted by atomic mass is 9.86. The van der Waals surface area contributed by atoms with Gasteiger partial charge in [-0.3, -0.25) is 9.80 Å². The predicted octanol–water partition coefficient (Wildman–Crippen LogP) is 4.20. The highest BCUT2D eigenvalue weighted by Gasteiger charge is 2.43. The number of carbonyl (C=O) groups excluding carboxylic acids is 1. The minimum Gasteiger partial charge on any atom is -0.461 e. The largest absolute Gasteiger partial charge is 0.461 e. The van der Waals surface area contributed by atoms with Crippen molar-refractivity contribution in [3.05, 3.63) is 91.6 Å². The third-order valence-electron chi connectivity index (χ3n) is 6.61. The Labute approximate surface area is 228 Å². The first kappa shape index (κ1) is 27.7. The zero-order valence-electron chi connectivity index (χ0n) is 21.1. The van der Waals surface area contributed by atoms with Crippen LogP contribution in [0, 0.1) is 0 Å². The van der Waals surface area contributed by atoms with E-state index >= 15 is 0 Å². The zero-order chi connectivity index (χ0) is 26.7. The Kier molecular flexibility index (Phi) is 8.66. The molecule has 2 aromatic rings. The molecular weight excluding hydrogens is 533 g/mol. The van der Waals surface area contributed by atoms with Crippen molar-refractivity contribution in [2.24, 2.45) is 0 Å². The van der Waals surface area contributed by atoms with Crippen molar-refractivity contribution in [1.82, 2.24) is 15.1 Å². The summed E-state index contributed by atoms with van der Waals surface area (Å²) in [6, 6.07) is 15.1. The van der Waals surface area contributed by atoms with Gasteiger partial charge in [0.25, 0.3) is 0 Å². The second-order valence-electron chi connectivity index (χ2n) is 9.50. The molecular formula is C27H31Cl2N3O4S. The van der Waals surface area contributed by atoms with Crippen LogP contribution in [-0.4, -0.2) is 70.3 Å². The number of nitrogens with zero attached hydrogens (tertiary/aromatic N) is 2. The Hall–Kier alpha value is -2.36. The number of halogens is 2. The second kappa shape index (κ2) is 11.6. The van der Waals surface area contributed by atoms with Gasteiger partial charge in [-0.1, -0.05) is 65.7 Å². The molecule has 0 fully saturated rings. The molecule has 0 saturated heterocycles. The maximum absolute atomic E-state index is 13.5. The summed E-state index contributed by atoms with van der Waals surface area (Å²) in [5.41, 5.74) is 2.92. The number of hydrogen-bond donors (Lipinski definition) is 1. The third-order valence-corrected chi connectivity index (χ3v) is 9.32. The molecule has 0 radical (unpaired) electrons. The van der Waals surface area contributed by atoms with E-state index in [9.17, 15) is 13.2 Å². The van der Waals surface area contributed by atoms with Crippen LogP contribution >= 0.6 is 23.2 Å². The minimum absolute atomic E-state index is 0.0651. The van der Waals surface area contributed by atoms with Crippen LogP contribution in [-0.2, 0) is 25.9 Å². The van der Waals surface area contributed by atoms with Crippen molar-refractivity contribution < 1.29 is 17.9 Å². The van der Waals surface area contributed by atoms with Crippen LogP contribution in [0.25, 0.3) is 0 Å². The van der Waals surface area contributed by atoms with Crippen molar-refractivity contribution >= 4 is 39.0 Å². The van der Waals surface area contributed by atoms with Crippen molar-refractivity contribution in [2.45, 2.75) is 19.4 Å². The minimum atomic E-state index is -3.71. The molecule has 0 aliphatic carbocycles. The number of rotatable bonds is 7. The molecule has 0 bridgehead atoms. The lowest BCUT2D eigenvalue weighted by Gasteiger charge is -2.32. The molecule has 1 unspecified atom stereocenters. The number of ether oxygens (including phenoxy) is 1. The molecule has 37 heavy (non-hydrogen) atoms. The second-order valence-corrected chi connectivity index (χ2v) is 12.4. The zero-order valence-corrected chi connectivity index (χ0v) is 23.5. The van der Waals surface area contributed by atoms with Gasteiger partial charge in [-0.05, 0) is 38.2 Å². The number of esters is 1. The Bertz CT molecular complexity index is 1340. The summed E-state index contributed by atoms with van der Waals surface area (Å²) in [6.07, 6.45) is 0. The average Bonchev–Trinajstić information content (AvgIpc) is 2.95. The Morgan fingerprint density at radius 2 is 1.89 bits per heavy atom. The van der Waals surface area contributed by atoms with E-state index in [0.717, 1.165) is 5.56 Å². The van der Waals surface area contributed by atoms with Crippen LogP contribution in [0.1, 0.15) is 24.0 Å². The molecule has 198 valence electrons. The standard InChI is InChI=1S/C27H31Cl2N3O4S/c1-18-23(27(33)36-14-12-31(2)16-19-8-5-4-6-9-19)24(20-10-7-11-21(28)25(20)29)26-22(30-18)17-32(3)13-15-37(26,34)35/h4-11,24,30H,12-17H2,1-3H3. The van der Waals surface area contributed by atoms with Gasteiger partial charge in [-0.25, -0.2) is 13.2 Å². The Morgan fingerprint density at radius 1 is 1.16 bits per heavy atom. The van der Waals surface area contributed by atoms with E-state index in [2.05, 4.69) is 10.2 Å². The van der Waals surface area contributed by atoms with E-state index in [1.54, 1.807) is 25.1 Å². The molecule has 0 saturated carbocycles. The smallest absolute Gasteiger partial charge is 0.336 e. The predicted molar refractivity (Wildman–Crippen MR) is 147 cm³/mol. The van der Waals surface area contributed by atoms with Gasteiger partial charge in [0, 0.05) is 37.6 Å². The normalized spacial score (nSPS) is 19.9. The van der Waals surface area contributed by atoms with E-state index in [1.807, 2.05) is 49.3 Å². The van der Waals surface area contributed by atoms with Crippen LogP contribution in [0.15, 0.2) is 70.4 Å². The lowest BCUT2D eigenvalue weighted by Crippen LogP contribution is -2.35. The van der Waals surface area contributed by atoms with Gasteiger partial charge in [0.15, 0.2) is 9.84 Å². The first-order valence-electron chi connectivity index (χ1n) is 12.0. The molecule has 1 N–H and O–H groups in total. The van der Waals surface area contributed by atoms with Crippen LogP contribution in [0.2, 0.25) is 10.0 Å². The third kappa shape index (κ3) is 6.21. The van der Waals surface area contributed by atoms with Gasteiger partial charge in [-0.2, -0.15) is 0 Å². The SMILES string of the molecule is CC1=C(C(=O)OCCN(C)Cc2ccccc2)C(c2cccc(Cl)c2Cl)C2=C(CN(C)CCS2(=O)=O)N1. The van der Waals surface area contributed by atoms with E-state index in [1.165, 1.54) is 0 Å². The van der Waals surface area contributed by atoms with Gasteiger partial charge >= 0.3 is 5.97 Å². The lowest BCUT2D eigenvalue weighted by molar-refractivity contribution is -0.139. The molecule has 10 heteroatoms. The number of carbonyl (C=O) groups is 1. The summed E-state index contributed by atoms with van der Waals surface area (Å²) >= 11 is 12.9. The number of sulfone groups is 1. The first-order valence-corrected chi connectivity index (χ1v) is 14.4. The van der Waals surface area contributed by atoms with Gasteiger partial charge < -0.3 is 10.1 Å². The Balaban J connectivity index is 1.63. The highest BCUT2D eigenvalue weighted by atomic mass is 35.5. The number of dihydropyridines is 1. The number of nitrogens with one attached hydrogen (secondary N) is 1. The molecule has 2 aliphatic rings. The first-order chi connectivity index (χ1) is 17.6. The van der Waals surface area contributed by atoms with Gasteiger partial charge in [0.1, 0.15) is 6.61 Å². The van der Waals surface area contributed by atoms with Crippen LogP contribution in [0.3, 0.4) is 0 Å². The van der Waals surface area contributed by atoms with Crippen molar-refractivity contribution in [3.8, 4) is 0 Å². The quantitative estimate of drug-likeness (QED) is 0.505. The highest BCUT2D eigenvalue weighted by Crippen LogP contribution is 2.45. The van der Waals surface area contributed by atoms with Crippen molar-refractivity contribution in [2.75, 3.05) is 46.1 Å². The van der Waals surface area contributed by atoms with E-state index in [4.69, 9.17) is 27.9 Å². The average molecular weight is 565 g/mol. The van der Waals surface area contributed by atoms with Gasteiger partial charge in [0.05, 0.1) is 32.2 Å². The van der Waals surface area contributed by atoms with Gasteiger partial charge in [-0.15, -0.1) is 0 Å². The number of likely N-dealkylation sites (N-methyl/N-ethyl adjacent to an activating group) is 2. The number of benzene rings is 2. The molecule has 0 amide bonds. The number of hydrogen-bond acceptors (Lipinski definition) is 7. The van der Waals surface area contributed by atoms with E-state index in [-0.39, 0.29) is 32.9 Å². The monoisotopic (exact) mass is 563 g/mol. The fourth-order valence-corrected chi connectivity index (χ4v) is 7.04. The summed E-state index contributed by atoms with van der Waals surface area (Å²) in [7, 11) is 0.102. The molecule has 2 heterocycles. The molecule has 0 spiro atoms. The van der Waals surface area contributed by atoms with E-state index in [0.29, 0.717) is 43.1 Å². The Morgan fingerprint density at radius 3 is 2.62 bits per heavy atom. The molecule has 1 atom stereocenters. The molecule has 0 aromatic heterocycles. The molecule has 4 rings (SSSR count). The molecule has 2 aromatic carbocycles. The highest BCUT2D eigenvalue weighted by molar-refractivity contribution is 7.95. The molecule has 2 aliphatic heterocycles. The number of allylic oxidation sites excluding steroid dienone is 2. The summed E-state index contributed by atoms with van der Waals surface area (Å²) in [5.74, 6) is -1.57. The van der Waals surface area contributed by atoms with E-state index < -0.39 is 21.7 Å². The van der Waals surface area contributed by atoms with Gasteiger partial charge in [0.2, 0.25) is 0 Å². The fourth-order valence-electron chi connectivity index (χ4n) is 4.75.